The van der Waals surface area contributed by atoms with E-state index in [0.29, 0.717) is 0 Å². The quantitative estimate of drug-likeness (QED) is 0.806. The number of halogens is 3. The number of carbonyl (C=O) groups excluding carboxylic acids is 1. The summed E-state index contributed by atoms with van der Waals surface area (Å²) in [5.41, 5.74) is -1.03. The van der Waals surface area contributed by atoms with Crippen molar-refractivity contribution in [3.63, 3.8) is 0 Å². The normalized spacial score (nSPS) is 10.1. The maximum atomic E-state index is 12.6. The Morgan fingerprint density at radius 2 is 2.35 bits per heavy atom. The minimum Gasteiger partial charge on any atom is -0.461 e. The van der Waals surface area contributed by atoms with E-state index in [1.54, 1.807) is 13.0 Å². The van der Waals surface area contributed by atoms with Gasteiger partial charge in [0.1, 0.15) is 17.5 Å². The summed E-state index contributed by atoms with van der Waals surface area (Å²) in [6.45, 7) is 1.68. The molecular weight excluding hydrogens is 298 g/mol. The SMILES string of the molecule is CCOC(=O)c1cc(C#N)c(Br)c(C(F)F)n1. The molecule has 0 aliphatic heterocycles. The summed E-state index contributed by atoms with van der Waals surface area (Å²) in [6, 6.07) is 2.81. The number of aromatic nitrogens is 1. The first-order valence-corrected chi connectivity index (χ1v) is 5.36. The predicted octanol–water partition coefficient (Wildman–Crippen LogP) is 2.83. The van der Waals surface area contributed by atoms with E-state index in [1.165, 1.54) is 0 Å². The topological polar surface area (TPSA) is 63.0 Å². The van der Waals surface area contributed by atoms with Crippen molar-refractivity contribution in [3.05, 3.63) is 27.5 Å². The molecule has 1 aromatic rings. The highest BCUT2D eigenvalue weighted by atomic mass is 79.9. The highest BCUT2D eigenvalue weighted by Gasteiger charge is 2.21. The lowest BCUT2D eigenvalue weighted by atomic mass is 10.2. The van der Waals surface area contributed by atoms with Gasteiger partial charge in [0.25, 0.3) is 6.43 Å². The van der Waals surface area contributed by atoms with Crippen molar-refractivity contribution < 1.29 is 18.3 Å². The van der Waals surface area contributed by atoms with Crippen molar-refractivity contribution in [2.24, 2.45) is 0 Å². The molecule has 0 saturated carbocycles. The van der Waals surface area contributed by atoms with Gasteiger partial charge in [-0.3, -0.25) is 0 Å². The lowest BCUT2D eigenvalue weighted by Gasteiger charge is -2.07. The van der Waals surface area contributed by atoms with Gasteiger partial charge in [0.15, 0.2) is 0 Å². The lowest BCUT2D eigenvalue weighted by Crippen LogP contribution is -2.10. The van der Waals surface area contributed by atoms with Crippen molar-refractivity contribution in [1.29, 1.82) is 5.26 Å². The molecule has 0 spiro atoms. The molecule has 0 radical (unpaired) electrons. The monoisotopic (exact) mass is 304 g/mol. The second-order valence-corrected chi connectivity index (χ2v) is 3.68. The second kappa shape index (κ2) is 5.68. The maximum absolute atomic E-state index is 12.6. The summed E-state index contributed by atoms with van der Waals surface area (Å²) in [5.74, 6) is -0.835. The standard InChI is InChI=1S/C10H7BrF2N2O2/c1-2-17-10(16)6-3-5(4-14)7(11)8(15-6)9(12)13/h3,9H,2H2,1H3. The van der Waals surface area contributed by atoms with Gasteiger partial charge < -0.3 is 4.74 Å². The highest BCUT2D eigenvalue weighted by molar-refractivity contribution is 9.10. The van der Waals surface area contributed by atoms with Crippen LogP contribution in [0.2, 0.25) is 0 Å². The number of hydrogen-bond acceptors (Lipinski definition) is 4. The number of ether oxygens (including phenoxy) is 1. The van der Waals surface area contributed by atoms with Crippen molar-refractivity contribution in [3.8, 4) is 6.07 Å². The average Bonchev–Trinajstić information content (AvgIpc) is 2.29. The van der Waals surface area contributed by atoms with E-state index < -0.39 is 18.1 Å². The van der Waals surface area contributed by atoms with E-state index in [1.807, 2.05) is 0 Å². The van der Waals surface area contributed by atoms with E-state index >= 15 is 0 Å². The highest BCUT2D eigenvalue weighted by Crippen LogP contribution is 2.28. The maximum Gasteiger partial charge on any atom is 0.356 e. The van der Waals surface area contributed by atoms with E-state index in [4.69, 9.17) is 5.26 Å². The molecule has 7 heteroatoms. The Hall–Kier alpha value is -1.55. The summed E-state index contributed by atoms with van der Waals surface area (Å²) in [7, 11) is 0. The Morgan fingerprint density at radius 3 is 2.82 bits per heavy atom. The molecule has 0 aliphatic carbocycles. The Bertz CT molecular complexity index is 486. The zero-order chi connectivity index (χ0) is 13.0. The second-order valence-electron chi connectivity index (χ2n) is 2.89. The van der Waals surface area contributed by atoms with E-state index in [2.05, 4.69) is 25.7 Å². The lowest BCUT2D eigenvalue weighted by molar-refractivity contribution is 0.0517. The summed E-state index contributed by atoms with van der Waals surface area (Å²) in [6.07, 6.45) is -2.88. The van der Waals surface area contributed by atoms with Gasteiger partial charge in [-0.1, -0.05) is 0 Å². The molecule has 1 heterocycles. The molecular formula is C10H7BrF2N2O2. The van der Waals surface area contributed by atoms with E-state index in [-0.39, 0.29) is 22.3 Å². The van der Waals surface area contributed by atoms with Crippen molar-refractivity contribution in [2.45, 2.75) is 13.3 Å². The van der Waals surface area contributed by atoms with Crippen LogP contribution in [0.15, 0.2) is 10.5 Å². The van der Waals surface area contributed by atoms with Crippen LogP contribution in [-0.4, -0.2) is 17.6 Å². The molecule has 0 aromatic carbocycles. The van der Waals surface area contributed by atoms with Crippen LogP contribution < -0.4 is 0 Å². The molecule has 0 aliphatic rings. The first-order chi connectivity index (χ1) is 8.01. The van der Waals surface area contributed by atoms with Crippen LogP contribution in [0.1, 0.15) is 35.1 Å². The summed E-state index contributed by atoms with van der Waals surface area (Å²) >= 11 is 2.85. The molecule has 0 atom stereocenters. The number of carbonyl (C=O) groups is 1. The number of nitriles is 1. The summed E-state index contributed by atoms with van der Waals surface area (Å²) in [5, 5.41) is 8.76. The molecule has 1 aromatic heterocycles. The fraction of sp³-hybridized carbons (Fsp3) is 0.300. The fourth-order valence-electron chi connectivity index (χ4n) is 1.08. The molecule has 0 amide bonds. The Balaban J connectivity index is 3.31. The third-order valence-electron chi connectivity index (χ3n) is 1.80. The van der Waals surface area contributed by atoms with Crippen molar-refractivity contribution in [2.75, 3.05) is 6.61 Å². The molecule has 0 N–H and O–H groups in total. The first kappa shape index (κ1) is 13.5. The molecule has 0 unspecified atom stereocenters. The average molecular weight is 305 g/mol. The minimum atomic E-state index is -2.88. The third-order valence-corrected chi connectivity index (χ3v) is 2.63. The van der Waals surface area contributed by atoms with Crippen LogP contribution in [0.3, 0.4) is 0 Å². The summed E-state index contributed by atoms with van der Waals surface area (Å²) in [4.78, 5) is 14.8. The smallest absolute Gasteiger partial charge is 0.356 e. The number of nitrogens with zero attached hydrogens (tertiary/aromatic N) is 2. The zero-order valence-corrected chi connectivity index (χ0v) is 10.3. The van der Waals surface area contributed by atoms with Gasteiger partial charge in [0.2, 0.25) is 0 Å². The number of pyridine rings is 1. The Labute approximate surface area is 104 Å². The zero-order valence-electron chi connectivity index (χ0n) is 8.71. The largest absolute Gasteiger partial charge is 0.461 e. The van der Waals surface area contributed by atoms with Gasteiger partial charge in [-0.05, 0) is 28.9 Å². The minimum absolute atomic E-state index is 0.0849. The van der Waals surface area contributed by atoms with Gasteiger partial charge in [-0.25, -0.2) is 18.6 Å². The van der Waals surface area contributed by atoms with Gasteiger partial charge in [0.05, 0.1) is 16.6 Å². The van der Waals surface area contributed by atoms with Gasteiger partial charge in [0, 0.05) is 0 Å². The molecule has 17 heavy (non-hydrogen) atoms. The van der Waals surface area contributed by atoms with Gasteiger partial charge in [-0.15, -0.1) is 0 Å². The van der Waals surface area contributed by atoms with Crippen LogP contribution in [0.5, 0.6) is 0 Å². The third kappa shape index (κ3) is 2.97. The summed E-state index contributed by atoms with van der Waals surface area (Å²) < 4.78 is 29.8. The van der Waals surface area contributed by atoms with Crippen LogP contribution in [-0.2, 0) is 4.74 Å². The fourth-order valence-corrected chi connectivity index (χ4v) is 1.55. The van der Waals surface area contributed by atoms with E-state index in [9.17, 15) is 13.6 Å². The van der Waals surface area contributed by atoms with Crippen molar-refractivity contribution >= 4 is 21.9 Å². The number of alkyl halides is 2. The molecule has 90 valence electrons. The van der Waals surface area contributed by atoms with Crippen molar-refractivity contribution in [1.82, 2.24) is 4.98 Å². The van der Waals surface area contributed by atoms with Crippen LogP contribution in [0, 0.1) is 11.3 Å². The van der Waals surface area contributed by atoms with Crippen LogP contribution >= 0.6 is 15.9 Å². The molecule has 0 fully saturated rings. The molecule has 1 rings (SSSR count). The molecule has 0 bridgehead atoms. The number of rotatable bonds is 3. The van der Waals surface area contributed by atoms with Gasteiger partial charge in [-0.2, -0.15) is 5.26 Å². The number of hydrogen-bond donors (Lipinski definition) is 0. The van der Waals surface area contributed by atoms with Crippen LogP contribution in [0.4, 0.5) is 8.78 Å². The molecule has 4 nitrogen and oxygen atoms in total. The predicted molar refractivity (Wildman–Crippen MR) is 57.6 cm³/mol. The first-order valence-electron chi connectivity index (χ1n) is 4.57. The Kier molecular flexibility index (Phi) is 4.52. The van der Waals surface area contributed by atoms with Gasteiger partial charge >= 0.3 is 5.97 Å². The van der Waals surface area contributed by atoms with E-state index in [0.717, 1.165) is 6.07 Å². The molecule has 0 saturated heterocycles. The number of esters is 1. The van der Waals surface area contributed by atoms with Crippen LogP contribution in [0.25, 0.3) is 0 Å². The Morgan fingerprint density at radius 1 is 1.71 bits per heavy atom.